The smallest absolute Gasteiger partial charge is 0.317 e. The average molecular weight is 948 g/mol. The van der Waals surface area contributed by atoms with Crippen LogP contribution in [-0.4, -0.2) is 96.0 Å². The molecule has 68 heavy (non-hydrogen) atoms. The van der Waals surface area contributed by atoms with Crippen LogP contribution in [0.3, 0.4) is 0 Å². The number of aliphatic carboxylic acids is 1. The monoisotopic (exact) mass is 948 g/mol. The Morgan fingerprint density at radius 2 is 1.06 bits per heavy atom. The van der Waals surface area contributed by atoms with Gasteiger partial charge in [0.1, 0.15) is 18.8 Å². The van der Waals surface area contributed by atoms with E-state index in [1.54, 1.807) is 6.92 Å². The van der Waals surface area contributed by atoms with Gasteiger partial charge in [0.25, 0.3) is 0 Å². The molecule has 10 rings (SSSR count). The van der Waals surface area contributed by atoms with Crippen molar-refractivity contribution in [2.24, 2.45) is 130 Å². The van der Waals surface area contributed by atoms with E-state index in [0.29, 0.717) is 55.0 Å². The molecular formula is C55H81NO12. The first-order valence-corrected chi connectivity index (χ1v) is 27.4. The summed E-state index contributed by atoms with van der Waals surface area (Å²) in [6.45, 7) is 13.0. The third-order valence-corrected chi connectivity index (χ3v) is 21.4. The average Bonchev–Trinajstić information content (AvgIpc) is 4.18. The zero-order chi connectivity index (χ0) is 47.9. The molecule has 13 nitrogen and oxygen atoms in total. The largest absolute Gasteiger partial charge is 0.481 e. The zero-order valence-electron chi connectivity index (χ0n) is 41.5. The SMILES string of the molecule is CC1C(=O)OC(=O)C1CC1C(CC2C(CC3C(CC4C(C)C5CC(C(=O)OC(C)(C)C)C4C5)C4CC(C(=O)OCCO)C3C4)C3CC(C(=O)O)C2C3)C2CC(C(=O)OCCN3CCCCC3)C1C2. The Bertz CT molecular complexity index is 1940. The first-order valence-electron chi connectivity index (χ1n) is 27.4. The minimum absolute atomic E-state index is 0.00598. The summed E-state index contributed by atoms with van der Waals surface area (Å²) < 4.78 is 22.9. The van der Waals surface area contributed by atoms with Crippen molar-refractivity contribution in [1.82, 2.24) is 4.90 Å². The number of cyclic esters (lactones) is 2. The topological polar surface area (TPSA) is 183 Å². The van der Waals surface area contributed by atoms with Gasteiger partial charge in [-0.25, -0.2) is 0 Å². The fourth-order valence-corrected chi connectivity index (χ4v) is 18.6. The molecule has 13 heteroatoms. The van der Waals surface area contributed by atoms with Crippen molar-refractivity contribution in [2.45, 2.75) is 137 Å². The van der Waals surface area contributed by atoms with Crippen molar-refractivity contribution in [1.29, 1.82) is 0 Å². The minimum Gasteiger partial charge on any atom is -0.481 e. The molecule has 0 amide bonds. The highest BCUT2D eigenvalue weighted by Crippen LogP contribution is 2.68. The minimum atomic E-state index is -0.715. The fraction of sp³-hybridized carbons (Fsp3) is 0.891. The van der Waals surface area contributed by atoms with Gasteiger partial charge < -0.3 is 29.2 Å². The van der Waals surface area contributed by atoms with Crippen LogP contribution in [0.15, 0.2) is 0 Å². The first kappa shape index (κ1) is 48.6. The second-order valence-corrected chi connectivity index (χ2v) is 25.4. The summed E-state index contributed by atoms with van der Waals surface area (Å²) in [6.07, 6.45) is 13.8. The molecule has 10 fully saturated rings. The van der Waals surface area contributed by atoms with E-state index < -0.39 is 41.3 Å². The molecule has 10 aliphatic rings. The Morgan fingerprint density at radius 1 is 0.588 bits per heavy atom. The van der Waals surface area contributed by atoms with Crippen LogP contribution in [0.25, 0.3) is 0 Å². The van der Waals surface area contributed by atoms with Gasteiger partial charge in [-0.1, -0.05) is 20.3 Å². The maximum absolute atomic E-state index is 14.0. The summed E-state index contributed by atoms with van der Waals surface area (Å²) in [5.74, 6) is 0.00110. The molecule has 22 atom stereocenters. The molecule has 8 saturated carbocycles. The van der Waals surface area contributed by atoms with Crippen LogP contribution in [0.4, 0.5) is 0 Å². The molecule has 0 aromatic heterocycles. The fourth-order valence-electron chi connectivity index (χ4n) is 18.6. The normalized spacial score (nSPS) is 45.6. The lowest BCUT2D eigenvalue weighted by molar-refractivity contribution is -0.163. The van der Waals surface area contributed by atoms with Crippen molar-refractivity contribution in [3.05, 3.63) is 0 Å². The van der Waals surface area contributed by atoms with Crippen LogP contribution in [0.2, 0.25) is 0 Å². The van der Waals surface area contributed by atoms with Crippen LogP contribution in [0.1, 0.15) is 131 Å². The maximum Gasteiger partial charge on any atom is 0.317 e. The third kappa shape index (κ3) is 8.98. The number of likely N-dealkylation sites (tertiary alicyclic amines) is 1. The molecule has 2 heterocycles. The molecule has 22 unspecified atom stereocenters. The molecule has 0 aromatic carbocycles. The Kier molecular flexibility index (Phi) is 13.7. The van der Waals surface area contributed by atoms with Crippen LogP contribution in [0.5, 0.6) is 0 Å². The van der Waals surface area contributed by atoms with Crippen LogP contribution >= 0.6 is 0 Å². The van der Waals surface area contributed by atoms with Crippen molar-refractivity contribution < 1.29 is 57.9 Å². The van der Waals surface area contributed by atoms with Gasteiger partial charge in [0, 0.05) is 6.54 Å². The lowest BCUT2D eigenvalue weighted by Gasteiger charge is -2.45. The molecule has 0 aromatic rings. The molecular weight excluding hydrogens is 867 g/mol. The lowest BCUT2D eigenvalue weighted by Crippen LogP contribution is -2.42. The number of hydrogen-bond donors (Lipinski definition) is 2. The molecule has 2 N–H and O–H groups in total. The predicted molar refractivity (Wildman–Crippen MR) is 247 cm³/mol. The number of carbonyl (C=O) groups is 6. The van der Waals surface area contributed by atoms with Crippen molar-refractivity contribution in [2.75, 3.05) is 39.5 Å². The summed E-state index contributed by atoms with van der Waals surface area (Å²) in [7, 11) is 0. The maximum atomic E-state index is 14.0. The summed E-state index contributed by atoms with van der Waals surface area (Å²) >= 11 is 0. The zero-order valence-corrected chi connectivity index (χ0v) is 41.5. The quantitative estimate of drug-likeness (QED) is 0.0834. The Hall–Kier alpha value is -3.06. The van der Waals surface area contributed by atoms with Crippen LogP contribution in [0, 0.1) is 130 Å². The van der Waals surface area contributed by atoms with E-state index in [1.807, 2.05) is 20.8 Å². The molecule has 0 spiro atoms. The summed E-state index contributed by atoms with van der Waals surface area (Å²) in [4.78, 5) is 82.7. The van der Waals surface area contributed by atoms with Crippen LogP contribution in [-0.2, 0) is 47.7 Å². The van der Waals surface area contributed by atoms with Crippen molar-refractivity contribution in [3.8, 4) is 0 Å². The number of carboxylic acid groups (broad SMARTS) is 1. The number of carboxylic acids is 1. The number of rotatable bonds is 17. The number of fused-ring (bicyclic) bond motifs is 8. The van der Waals surface area contributed by atoms with Gasteiger partial charge in [-0.15, -0.1) is 0 Å². The molecule has 8 aliphatic carbocycles. The highest BCUT2D eigenvalue weighted by molar-refractivity contribution is 5.96. The van der Waals surface area contributed by atoms with Crippen LogP contribution < -0.4 is 0 Å². The Morgan fingerprint density at radius 3 is 1.57 bits per heavy atom. The summed E-state index contributed by atoms with van der Waals surface area (Å²) in [5, 5.41) is 20.3. The molecule has 8 bridgehead atoms. The molecule has 2 aliphatic heterocycles. The first-order chi connectivity index (χ1) is 32.5. The second kappa shape index (κ2) is 19.2. The van der Waals surface area contributed by atoms with Crippen molar-refractivity contribution >= 4 is 35.8 Å². The number of nitrogens with zero attached hydrogens (tertiary/aromatic N) is 1. The lowest BCUT2D eigenvalue weighted by atomic mass is 9.60. The van der Waals surface area contributed by atoms with Gasteiger partial charge in [-0.05, 0) is 218 Å². The number of esters is 5. The van der Waals surface area contributed by atoms with Gasteiger partial charge >= 0.3 is 35.8 Å². The molecule has 378 valence electrons. The molecule has 2 saturated heterocycles. The van der Waals surface area contributed by atoms with E-state index in [0.717, 1.165) is 83.8 Å². The Balaban J connectivity index is 0.906. The second-order valence-electron chi connectivity index (χ2n) is 25.4. The van der Waals surface area contributed by atoms with E-state index in [-0.39, 0.29) is 108 Å². The van der Waals surface area contributed by atoms with Gasteiger partial charge in [0.15, 0.2) is 0 Å². The van der Waals surface area contributed by atoms with E-state index in [9.17, 15) is 39.0 Å². The van der Waals surface area contributed by atoms with E-state index in [2.05, 4.69) is 11.8 Å². The summed E-state index contributed by atoms with van der Waals surface area (Å²) in [5.41, 5.74) is -0.538. The van der Waals surface area contributed by atoms with E-state index in [1.165, 1.54) is 19.3 Å². The van der Waals surface area contributed by atoms with Gasteiger partial charge in [-0.3, -0.25) is 33.7 Å². The third-order valence-electron chi connectivity index (χ3n) is 21.4. The van der Waals surface area contributed by atoms with Crippen molar-refractivity contribution in [3.63, 3.8) is 0 Å². The summed E-state index contributed by atoms with van der Waals surface area (Å²) in [6, 6.07) is 0. The number of piperidine rings is 1. The number of aliphatic hydroxyl groups excluding tert-OH is 1. The Labute approximate surface area is 403 Å². The van der Waals surface area contributed by atoms with E-state index >= 15 is 0 Å². The van der Waals surface area contributed by atoms with Gasteiger partial charge in [0.05, 0.1) is 42.1 Å². The number of ether oxygens (including phenoxy) is 4. The highest BCUT2D eigenvalue weighted by Gasteiger charge is 2.64. The number of carbonyl (C=O) groups excluding carboxylic acids is 5. The number of hydrogen-bond acceptors (Lipinski definition) is 12. The van der Waals surface area contributed by atoms with Gasteiger partial charge in [0.2, 0.25) is 0 Å². The van der Waals surface area contributed by atoms with E-state index in [4.69, 9.17) is 18.9 Å². The molecule has 0 radical (unpaired) electrons. The standard InChI is InChI=1S/C55H81NO12/c1-27-29-15-38(48(16-29)54(64)68-55(3,4)5)33(27)23-35-31-18-41(47(21-31)52(62)66-14-12-57)44(35)26-36-30-17-39(45(20-30)49(58)59)43(36)25-37-32-19-40(42(37)24-34-28(2)50(60)67-53(34)63)46(22-32)51(61)65-13-11-56-9-7-6-8-10-56/h27-48,57H,6-26H2,1-5H3,(H,58,59). The van der Waals surface area contributed by atoms with Gasteiger partial charge in [-0.2, -0.15) is 0 Å². The predicted octanol–water partition coefficient (Wildman–Crippen LogP) is 7.45. The highest BCUT2D eigenvalue weighted by atomic mass is 16.6. The number of aliphatic hydroxyl groups is 1.